The second-order valence-electron chi connectivity index (χ2n) is 7.26. The number of fused-ring (bicyclic) bond motifs is 1. The molecule has 0 radical (unpaired) electrons. The first-order chi connectivity index (χ1) is 13.5. The third kappa shape index (κ3) is 3.50. The first-order valence-corrected chi connectivity index (χ1v) is 9.45. The van der Waals surface area contributed by atoms with Crippen LogP contribution in [0.4, 0.5) is 4.39 Å². The largest absolute Gasteiger partial charge is 0.369 e. The lowest BCUT2D eigenvalue weighted by Gasteiger charge is -2.16. The van der Waals surface area contributed by atoms with Gasteiger partial charge in [0.2, 0.25) is 11.8 Å². The Balaban J connectivity index is 1.60. The van der Waals surface area contributed by atoms with Gasteiger partial charge in [-0.3, -0.25) is 9.59 Å². The van der Waals surface area contributed by atoms with Crippen molar-refractivity contribution in [3.8, 4) is 11.3 Å². The number of carbonyl (C=O) groups is 2. The lowest BCUT2D eigenvalue weighted by atomic mass is 10.0. The maximum absolute atomic E-state index is 13.9. The Morgan fingerprint density at radius 1 is 1.18 bits per heavy atom. The molecular weight excluding hydrogens is 357 g/mol. The Morgan fingerprint density at radius 2 is 1.96 bits per heavy atom. The summed E-state index contributed by atoms with van der Waals surface area (Å²) in [5, 5.41) is 0.795. The molecule has 1 aliphatic heterocycles. The fourth-order valence-electron chi connectivity index (χ4n) is 3.94. The number of aryl methyl sites for hydroxylation is 1. The van der Waals surface area contributed by atoms with Crippen molar-refractivity contribution in [2.24, 2.45) is 11.7 Å². The molecule has 0 aliphatic carbocycles. The molecule has 6 heteroatoms. The highest BCUT2D eigenvalue weighted by molar-refractivity contribution is 5.91. The number of rotatable bonds is 5. The Bertz CT molecular complexity index is 1030. The van der Waals surface area contributed by atoms with Crippen LogP contribution in [0, 0.1) is 11.7 Å². The number of nitrogens with two attached hydrogens (primary N) is 1. The van der Waals surface area contributed by atoms with Crippen molar-refractivity contribution < 1.29 is 14.0 Å². The number of aromatic nitrogens is 1. The molecule has 4 rings (SSSR count). The predicted octanol–water partition coefficient (Wildman–Crippen LogP) is 3.24. The van der Waals surface area contributed by atoms with E-state index in [0.29, 0.717) is 32.4 Å². The molecule has 1 fully saturated rings. The summed E-state index contributed by atoms with van der Waals surface area (Å²) in [6.07, 6.45) is 1.41. The normalized spacial score (nSPS) is 16.6. The lowest BCUT2D eigenvalue weighted by Crippen LogP contribution is -2.31. The number of benzene rings is 2. The number of amides is 2. The third-order valence-corrected chi connectivity index (χ3v) is 5.46. The van der Waals surface area contributed by atoms with E-state index in [0.717, 1.165) is 27.7 Å². The van der Waals surface area contributed by atoms with E-state index in [9.17, 15) is 14.0 Å². The number of hydrogen-bond acceptors (Lipinski definition) is 2. The number of halogens is 1. The predicted molar refractivity (Wildman–Crippen MR) is 106 cm³/mol. The standard InChI is InChI=1S/C22H22FN3O2/c23-16-6-8-19-18(12-16)17(21(25-19)14-4-2-1-3-5-14)7-9-20(27)26-11-10-15(13-26)22(24)28/h1-6,8,12,15,25H,7,9-11,13H2,(H2,24,28). The fraction of sp³-hybridized carbons (Fsp3) is 0.273. The van der Waals surface area contributed by atoms with Gasteiger partial charge in [-0.05, 0) is 42.2 Å². The highest BCUT2D eigenvalue weighted by atomic mass is 19.1. The van der Waals surface area contributed by atoms with Crippen molar-refractivity contribution in [1.29, 1.82) is 0 Å². The first-order valence-electron chi connectivity index (χ1n) is 9.45. The average molecular weight is 379 g/mol. The summed E-state index contributed by atoms with van der Waals surface area (Å²) in [4.78, 5) is 29.1. The minimum atomic E-state index is -0.353. The molecule has 1 aliphatic rings. The molecule has 3 aromatic rings. The zero-order valence-corrected chi connectivity index (χ0v) is 15.5. The van der Waals surface area contributed by atoms with E-state index in [4.69, 9.17) is 5.73 Å². The van der Waals surface area contributed by atoms with Gasteiger partial charge in [0.25, 0.3) is 0 Å². The quantitative estimate of drug-likeness (QED) is 0.714. The van der Waals surface area contributed by atoms with E-state index in [1.165, 1.54) is 12.1 Å². The summed E-state index contributed by atoms with van der Waals surface area (Å²) in [6.45, 7) is 0.947. The molecule has 0 spiro atoms. The van der Waals surface area contributed by atoms with Gasteiger partial charge >= 0.3 is 0 Å². The van der Waals surface area contributed by atoms with Gasteiger partial charge in [-0.15, -0.1) is 0 Å². The number of carbonyl (C=O) groups excluding carboxylic acids is 2. The van der Waals surface area contributed by atoms with Crippen molar-refractivity contribution in [3.05, 3.63) is 59.9 Å². The molecule has 1 atom stereocenters. The Kier molecular flexibility index (Phi) is 4.86. The van der Waals surface area contributed by atoms with Gasteiger partial charge in [0.1, 0.15) is 5.82 Å². The Morgan fingerprint density at radius 3 is 2.68 bits per heavy atom. The van der Waals surface area contributed by atoms with Crippen LogP contribution >= 0.6 is 0 Å². The van der Waals surface area contributed by atoms with Crippen molar-refractivity contribution in [2.75, 3.05) is 13.1 Å². The molecule has 0 saturated carbocycles. The molecule has 1 unspecified atom stereocenters. The highest BCUT2D eigenvalue weighted by Crippen LogP contribution is 2.32. The highest BCUT2D eigenvalue weighted by Gasteiger charge is 2.29. The molecule has 144 valence electrons. The summed E-state index contributed by atoms with van der Waals surface area (Å²) in [5.74, 6) is -0.921. The maximum atomic E-state index is 13.9. The number of primary amides is 1. The number of nitrogens with one attached hydrogen (secondary N) is 1. The molecule has 2 aromatic carbocycles. The lowest BCUT2D eigenvalue weighted by molar-refractivity contribution is -0.130. The molecule has 3 N–H and O–H groups in total. The molecule has 5 nitrogen and oxygen atoms in total. The van der Waals surface area contributed by atoms with Crippen molar-refractivity contribution in [1.82, 2.24) is 9.88 Å². The van der Waals surface area contributed by atoms with Gasteiger partial charge in [0, 0.05) is 36.1 Å². The Hall–Kier alpha value is -3.15. The van der Waals surface area contributed by atoms with E-state index < -0.39 is 0 Å². The van der Waals surface area contributed by atoms with Crippen LogP contribution in [0.15, 0.2) is 48.5 Å². The summed E-state index contributed by atoms with van der Waals surface area (Å²) in [5.41, 5.74) is 9.04. The number of nitrogens with zero attached hydrogens (tertiary/aromatic N) is 1. The first kappa shape index (κ1) is 18.2. The Labute approximate surface area is 162 Å². The zero-order valence-electron chi connectivity index (χ0n) is 15.5. The molecule has 2 heterocycles. The van der Waals surface area contributed by atoms with Crippen molar-refractivity contribution in [3.63, 3.8) is 0 Å². The SMILES string of the molecule is NC(=O)C1CCN(C(=O)CCc2c(-c3ccccc3)[nH]c3ccc(F)cc23)C1. The van der Waals surface area contributed by atoms with Crippen LogP contribution in [-0.2, 0) is 16.0 Å². The monoisotopic (exact) mass is 379 g/mol. The number of likely N-dealkylation sites (tertiary alicyclic amines) is 1. The van der Waals surface area contributed by atoms with Gasteiger partial charge < -0.3 is 15.6 Å². The van der Waals surface area contributed by atoms with Crippen LogP contribution in [0.5, 0.6) is 0 Å². The third-order valence-electron chi connectivity index (χ3n) is 5.46. The molecule has 2 amide bonds. The van der Waals surface area contributed by atoms with Crippen LogP contribution in [0.3, 0.4) is 0 Å². The molecular formula is C22H22FN3O2. The summed E-state index contributed by atoms with van der Waals surface area (Å²) in [7, 11) is 0. The van der Waals surface area contributed by atoms with E-state index in [1.54, 1.807) is 11.0 Å². The van der Waals surface area contributed by atoms with Crippen LogP contribution in [0.1, 0.15) is 18.4 Å². The fourth-order valence-corrected chi connectivity index (χ4v) is 3.94. The maximum Gasteiger partial charge on any atom is 0.222 e. The van der Waals surface area contributed by atoms with Gasteiger partial charge in [-0.1, -0.05) is 30.3 Å². The van der Waals surface area contributed by atoms with Crippen LogP contribution in [0.2, 0.25) is 0 Å². The summed E-state index contributed by atoms with van der Waals surface area (Å²) < 4.78 is 13.9. The van der Waals surface area contributed by atoms with Gasteiger partial charge in [0.15, 0.2) is 0 Å². The van der Waals surface area contributed by atoms with E-state index in [-0.39, 0.29) is 23.5 Å². The van der Waals surface area contributed by atoms with Crippen molar-refractivity contribution in [2.45, 2.75) is 19.3 Å². The van der Waals surface area contributed by atoms with E-state index >= 15 is 0 Å². The molecule has 0 bridgehead atoms. The van der Waals surface area contributed by atoms with Crippen LogP contribution < -0.4 is 5.73 Å². The zero-order chi connectivity index (χ0) is 19.7. The van der Waals surface area contributed by atoms with E-state index in [1.807, 2.05) is 30.3 Å². The molecule has 1 aromatic heterocycles. The number of hydrogen-bond donors (Lipinski definition) is 2. The van der Waals surface area contributed by atoms with Crippen LogP contribution in [-0.4, -0.2) is 34.8 Å². The molecule has 28 heavy (non-hydrogen) atoms. The topological polar surface area (TPSA) is 79.2 Å². The average Bonchev–Trinajstić information content (AvgIpc) is 3.32. The van der Waals surface area contributed by atoms with Crippen LogP contribution in [0.25, 0.3) is 22.2 Å². The summed E-state index contributed by atoms with van der Waals surface area (Å²) >= 11 is 0. The van der Waals surface area contributed by atoms with Gasteiger partial charge in [-0.25, -0.2) is 4.39 Å². The minimum Gasteiger partial charge on any atom is -0.369 e. The smallest absolute Gasteiger partial charge is 0.222 e. The van der Waals surface area contributed by atoms with E-state index in [2.05, 4.69) is 4.98 Å². The van der Waals surface area contributed by atoms with Gasteiger partial charge in [-0.2, -0.15) is 0 Å². The van der Waals surface area contributed by atoms with Crippen molar-refractivity contribution >= 4 is 22.7 Å². The number of H-pyrrole nitrogens is 1. The minimum absolute atomic E-state index is 0.00600. The second kappa shape index (κ2) is 7.46. The summed E-state index contributed by atoms with van der Waals surface area (Å²) in [6, 6.07) is 14.5. The van der Waals surface area contributed by atoms with Gasteiger partial charge in [0.05, 0.1) is 5.92 Å². The molecule has 1 saturated heterocycles. The number of aromatic amines is 1. The second-order valence-corrected chi connectivity index (χ2v) is 7.26.